The summed E-state index contributed by atoms with van der Waals surface area (Å²) in [5, 5.41) is 17.5. The Morgan fingerprint density at radius 3 is 2.76 bits per heavy atom. The van der Waals surface area contributed by atoms with Gasteiger partial charge in [-0.25, -0.2) is 0 Å². The number of aliphatic hydroxyl groups is 1. The molecule has 1 aromatic rings. The summed E-state index contributed by atoms with van der Waals surface area (Å²) in [4.78, 5) is 4.32. The molecule has 2 rings (SSSR count). The minimum atomic E-state index is -0.922. The third-order valence-corrected chi connectivity index (χ3v) is 3.24. The van der Waals surface area contributed by atoms with Crippen LogP contribution in [0.25, 0.3) is 0 Å². The number of nitrogens with one attached hydrogen (secondary N) is 1. The van der Waals surface area contributed by atoms with Crippen molar-refractivity contribution < 1.29 is 9.63 Å². The first-order valence-electron chi connectivity index (χ1n) is 6.36. The summed E-state index contributed by atoms with van der Waals surface area (Å²) in [6.45, 7) is 5.92. The first-order chi connectivity index (χ1) is 8.10. The number of aromatic nitrogens is 2. The molecular formula is C12H21N3O2. The SMILES string of the molecule is CC(C)CCc1noc(C2(O)CCNCC2)n1. The second-order valence-corrected chi connectivity index (χ2v) is 5.23. The second-order valence-electron chi connectivity index (χ2n) is 5.23. The van der Waals surface area contributed by atoms with E-state index in [1.807, 2.05) is 0 Å². The maximum Gasteiger partial charge on any atom is 0.258 e. The summed E-state index contributed by atoms with van der Waals surface area (Å²) in [7, 11) is 0. The third kappa shape index (κ3) is 3.04. The van der Waals surface area contributed by atoms with Crippen molar-refractivity contribution in [3.8, 4) is 0 Å². The van der Waals surface area contributed by atoms with Crippen molar-refractivity contribution in [3.05, 3.63) is 11.7 Å². The number of aryl methyl sites for hydroxylation is 1. The highest BCUT2D eigenvalue weighted by atomic mass is 16.5. The van der Waals surface area contributed by atoms with Gasteiger partial charge >= 0.3 is 0 Å². The Morgan fingerprint density at radius 2 is 2.12 bits per heavy atom. The zero-order chi connectivity index (χ0) is 12.3. The molecule has 5 heteroatoms. The minimum Gasteiger partial charge on any atom is -0.380 e. The molecule has 0 unspecified atom stereocenters. The molecule has 1 saturated heterocycles. The Kier molecular flexibility index (Phi) is 3.79. The highest BCUT2D eigenvalue weighted by molar-refractivity contribution is 5.01. The fourth-order valence-corrected chi connectivity index (χ4v) is 2.02. The first kappa shape index (κ1) is 12.5. The molecule has 0 atom stereocenters. The largest absolute Gasteiger partial charge is 0.380 e. The Bertz CT molecular complexity index is 356. The van der Waals surface area contributed by atoms with Gasteiger partial charge in [-0.05, 0) is 38.3 Å². The molecule has 0 radical (unpaired) electrons. The topological polar surface area (TPSA) is 71.2 Å². The summed E-state index contributed by atoms with van der Waals surface area (Å²) in [6, 6.07) is 0. The van der Waals surface area contributed by atoms with Crippen LogP contribution >= 0.6 is 0 Å². The lowest BCUT2D eigenvalue weighted by Crippen LogP contribution is -2.39. The van der Waals surface area contributed by atoms with E-state index in [9.17, 15) is 5.11 Å². The first-order valence-corrected chi connectivity index (χ1v) is 6.36. The Labute approximate surface area is 102 Å². The standard InChI is InChI=1S/C12H21N3O2/c1-9(2)3-4-10-14-11(17-15-10)12(16)5-7-13-8-6-12/h9,13,16H,3-8H2,1-2H3. The van der Waals surface area contributed by atoms with Crippen molar-refractivity contribution in [3.63, 3.8) is 0 Å². The normalized spacial score (nSPS) is 19.8. The molecule has 1 fully saturated rings. The summed E-state index contributed by atoms with van der Waals surface area (Å²) in [6.07, 6.45) is 3.13. The molecule has 0 bridgehead atoms. The maximum absolute atomic E-state index is 10.4. The van der Waals surface area contributed by atoms with Crippen LogP contribution in [-0.2, 0) is 12.0 Å². The van der Waals surface area contributed by atoms with Gasteiger partial charge < -0.3 is 14.9 Å². The van der Waals surface area contributed by atoms with E-state index in [4.69, 9.17) is 4.52 Å². The Hall–Kier alpha value is -0.940. The molecule has 0 aliphatic carbocycles. The van der Waals surface area contributed by atoms with Crippen LogP contribution in [0.1, 0.15) is 44.8 Å². The van der Waals surface area contributed by atoms with Gasteiger partial charge in [-0.15, -0.1) is 0 Å². The fourth-order valence-electron chi connectivity index (χ4n) is 2.02. The van der Waals surface area contributed by atoms with Crippen LogP contribution in [0, 0.1) is 5.92 Å². The lowest BCUT2D eigenvalue weighted by atomic mass is 9.92. The van der Waals surface area contributed by atoms with E-state index in [0.29, 0.717) is 30.5 Å². The van der Waals surface area contributed by atoms with Crippen LogP contribution in [0.3, 0.4) is 0 Å². The average molecular weight is 239 g/mol. The molecule has 0 saturated carbocycles. The minimum absolute atomic E-state index is 0.387. The van der Waals surface area contributed by atoms with E-state index in [1.54, 1.807) is 0 Å². The van der Waals surface area contributed by atoms with E-state index in [1.165, 1.54) is 0 Å². The zero-order valence-corrected chi connectivity index (χ0v) is 10.6. The van der Waals surface area contributed by atoms with Gasteiger partial charge in [0.25, 0.3) is 5.89 Å². The van der Waals surface area contributed by atoms with Gasteiger partial charge in [0.15, 0.2) is 5.82 Å². The van der Waals surface area contributed by atoms with E-state index < -0.39 is 5.60 Å². The molecule has 5 nitrogen and oxygen atoms in total. The zero-order valence-electron chi connectivity index (χ0n) is 10.6. The molecule has 1 aliphatic heterocycles. The number of nitrogens with zero attached hydrogens (tertiary/aromatic N) is 2. The predicted octanol–water partition coefficient (Wildman–Crippen LogP) is 1.23. The van der Waals surface area contributed by atoms with Crippen LogP contribution in [0.5, 0.6) is 0 Å². The van der Waals surface area contributed by atoms with Crippen LogP contribution in [0.2, 0.25) is 0 Å². The van der Waals surface area contributed by atoms with Gasteiger partial charge in [0.2, 0.25) is 0 Å². The lowest BCUT2D eigenvalue weighted by molar-refractivity contribution is -0.0228. The third-order valence-electron chi connectivity index (χ3n) is 3.24. The smallest absolute Gasteiger partial charge is 0.258 e. The van der Waals surface area contributed by atoms with Crippen molar-refractivity contribution in [2.24, 2.45) is 5.92 Å². The van der Waals surface area contributed by atoms with E-state index in [2.05, 4.69) is 29.3 Å². The van der Waals surface area contributed by atoms with E-state index in [-0.39, 0.29) is 0 Å². The van der Waals surface area contributed by atoms with Crippen LogP contribution < -0.4 is 5.32 Å². The van der Waals surface area contributed by atoms with Crippen molar-refractivity contribution in [1.29, 1.82) is 0 Å². The lowest BCUT2D eigenvalue weighted by Gasteiger charge is -2.28. The van der Waals surface area contributed by atoms with Crippen LogP contribution in [-0.4, -0.2) is 28.3 Å². The van der Waals surface area contributed by atoms with E-state index >= 15 is 0 Å². The van der Waals surface area contributed by atoms with Crippen LogP contribution in [0.15, 0.2) is 4.52 Å². The van der Waals surface area contributed by atoms with Crippen molar-refractivity contribution in [2.75, 3.05) is 13.1 Å². The van der Waals surface area contributed by atoms with Gasteiger partial charge in [-0.2, -0.15) is 4.98 Å². The average Bonchev–Trinajstić information content (AvgIpc) is 2.76. The molecular weight excluding hydrogens is 218 g/mol. The summed E-state index contributed by atoms with van der Waals surface area (Å²) in [5.41, 5.74) is -0.922. The van der Waals surface area contributed by atoms with Crippen molar-refractivity contribution in [2.45, 2.75) is 45.1 Å². The monoisotopic (exact) mass is 239 g/mol. The van der Waals surface area contributed by atoms with Gasteiger partial charge in [0, 0.05) is 6.42 Å². The molecule has 2 heterocycles. The highest BCUT2D eigenvalue weighted by Gasteiger charge is 2.36. The second kappa shape index (κ2) is 5.14. The predicted molar refractivity (Wildman–Crippen MR) is 63.5 cm³/mol. The molecule has 2 N–H and O–H groups in total. The summed E-state index contributed by atoms with van der Waals surface area (Å²) in [5.74, 6) is 1.72. The van der Waals surface area contributed by atoms with Gasteiger partial charge in [-0.1, -0.05) is 19.0 Å². The maximum atomic E-state index is 10.4. The number of hydrogen-bond acceptors (Lipinski definition) is 5. The molecule has 1 aliphatic rings. The summed E-state index contributed by atoms with van der Waals surface area (Å²) < 4.78 is 5.20. The van der Waals surface area contributed by atoms with Gasteiger partial charge in [0.1, 0.15) is 5.60 Å². The molecule has 1 aromatic heterocycles. The Morgan fingerprint density at radius 1 is 1.41 bits per heavy atom. The molecule has 0 aromatic carbocycles. The number of rotatable bonds is 4. The highest BCUT2D eigenvalue weighted by Crippen LogP contribution is 2.29. The van der Waals surface area contributed by atoms with Crippen LogP contribution in [0.4, 0.5) is 0 Å². The molecule has 0 spiro atoms. The molecule has 17 heavy (non-hydrogen) atoms. The Balaban J connectivity index is 2.01. The molecule has 0 amide bonds. The fraction of sp³-hybridized carbons (Fsp3) is 0.833. The van der Waals surface area contributed by atoms with Gasteiger partial charge in [-0.3, -0.25) is 0 Å². The van der Waals surface area contributed by atoms with Gasteiger partial charge in [0.05, 0.1) is 0 Å². The molecule has 96 valence electrons. The summed E-state index contributed by atoms with van der Waals surface area (Å²) >= 11 is 0. The van der Waals surface area contributed by atoms with Crippen molar-refractivity contribution >= 4 is 0 Å². The number of hydrogen-bond donors (Lipinski definition) is 2. The van der Waals surface area contributed by atoms with E-state index in [0.717, 1.165) is 25.9 Å². The van der Waals surface area contributed by atoms with Crippen molar-refractivity contribution in [1.82, 2.24) is 15.5 Å². The number of piperidine rings is 1. The quantitative estimate of drug-likeness (QED) is 0.827.